The van der Waals surface area contributed by atoms with Crippen molar-refractivity contribution in [3.05, 3.63) is 24.3 Å². The van der Waals surface area contributed by atoms with E-state index < -0.39 is 8.24 Å². The molecule has 2 nitrogen and oxygen atoms in total. The van der Waals surface area contributed by atoms with Crippen LogP contribution in [0.5, 0.6) is 0 Å². The quantitative estimate of drug-likeness (QED) is 0.538. The molecule has 1 aliphatic carbocycles. The number of nitrogens with one attached hydrogen (secondary N) is 1. The normalized spacial score (nSPS) is 16.8. The molecule has 0 bridgehead atoms. The zero-order valence-electron chi connectivity index (χ0n) is 9.42. The molecule has 1 rings (SSSR count). The largest absolute Gasteiger partial charge is 0.385 e. The van der Waals surface area contributed by atoms with E-state index in [0.717, 1.165) is 19.6 Å². The third kappa shape index (κ3) is 3.40. The molecule has 1 aliphatic rings. The van der Waals surface area contributed by atoms with Gasteiger partial charge in [-0.3, -0.25) is 0 Å². The molecule has 0 saturated carbocycles. The van der Waals surface area contributed by atoms with Gasteiger partial charge in [-0.1, -0.05) is 37.4 Å². The molecule has 14 heavy (non-hydrogen) atoms. The zero-order chi connectivity index (χ0) is 10.4. The third-order valence-corrected chi connectivity index (χ3v) is 5.90. The Morgan fingerprint density at radius 3 is 2.50 bits per heavy atom. The Balaban J connectivity index is 2.26. The fourth-order valence-corrected chi connectivity index (χ4v) is 3.90. The summed E-state index contributed by atoms with van der Waals surface area (Å²) in [6, 6.07) is 0. The van der Waals surface area contributed by atoms with Crippen molar-refractivity contribution in [2.24, 2.45) is 0 Å². The number of hydrogen-bond acceptors (Lipinski definition) is 2. The molecule has 0 aromatic heterocycles. The lowest BCUT2D eigenvalue weighted by atomic mass is 10.5. The first-order valence-electron chi connectivity index (χ1n) is 5.26. The molecule has 80 valence electrons. The molecule has 0 aromatic rings. The van der Waals surface area contributed by atoms with Crippen molar-refractivity contribution in [1.29, 1.82) is 0 Å². The number of methoxy groups -OCH3 is 1. The van der Waals surface area contributed by atoms with Crippen LogP contribution in [-0.4, -0.2) is 28.5 Å². The second-order valence-electron chi connectivity index (χ2n) is 4.29. The van der Waals surface area contributed by atoms with E-state index in [2.05, 4.69) is 42.4 Å². The lowest BCUT2D eigenvalue weighted by molar-refractivity contribution is 0.195. The van der Waals surface area contributed by atoms with E-state index in [-0.39, 0.29) is 0 Å². The van der Waals surface area contributed by atoms with Crippen molar-refractivity contribution in [2.45, 2.75) is 25.1 Å². The summed E-state index contributed by atoms with van der Waals surface area (Å²) >= 11 is 0. The second kappa shape index (κ2) is 5.49. The zero-order valence-corrected chi connectivity index (χ0v) is 10.4. The average molecular weight is 211 g/mol. The summed E-state index contributed by atoms with van der Waals surface area (Å²) in [5.41, 5.74) is 0.657. The van der Waals surface area contributed by atoms with Crippen LogP contribution in [-0.2, 0) is 4.74 Å². The van der Waals surface area contributed by atoms with Crippen LogP contribution in [0.15, 0.2) is 24.3 Å². The third-order valence-electron chi connectivity index (χ3n) is 2.69. The van der Waals surface area contributed by atoms with Crippen molar-refractivity contribution >= 4 is 8.24 Å². The molecular weight excluding hydrogens is 190 g/mol. The summed E-state index contributed by atoms with van der Waals surface area (Å²) in [5, 5.41) is 0. The molecule has 0 spiro atoms. The molecule has 0 fully saturated rings. The minimum absolute atomic E-state index is 0.657. The average Bonchev–Trinajstić information content (AvgIpc) is 2.65. The van der Waals surface area contributed by atoms with Crippen LogP contribution in [0.1, 0.15) is 6.42 Å². The van der Waals surface area contributed by atoms with Gasteiger partial charge in [0.2, 0.25) is 0 Å². The van der Waals surface area contributed by atoms with Crippen LogP contribution in [0.4, 0.5) is 0 Å². The molecule has 0 radical (unpaired) electrons. The molecule has 0 heterocycles. The minimum atomic E-state index is -1.30. The van der Waals surface area contributed by atoms with Gasteiger partial charge in [0.05, 0.1) is 0 Å². The maximum atomic E-state index is 5.03. The van der Waals surface area contributed by atoms with Gasteiger partial charge in [-0.25, -0.2) is 0 Å². The molecule has 0 atom stereocenters. The molecule has 0 aromatic carbocycles. The Morgan fingerprint density at radius 2 is 1.93 bits per heavy atom. The van der Waals surface area contributed by atoms with E-state index in [1.54, 1.807) is 7.11 Å². The maximum absolute atomic E-state index is 5.03. The van der Waals surface area contributed by atoms with Gasteiger partial charge in [-0.2, -0.15) is 0 Å². The summed E-state index contributed by atoms with van der Waals surface area (Å²) in [6.07, 6.45) is 10.0. The monoisotopic (exact) mass is 211 g/mol. The minimum Gasteiger partial charge on any atom is -0.385 e. The first kappa shape index (κ1) is 11.7. The van der Waals surface area contributed by atoms with Gasteiger partial charge in [0.25, 0.3) is 0 Å². The van der Waals surface area contributed by atoms with Gasteiger partial charge >= 0.3 is 0 Å². The molecule has 3 heteroatoms. The van der Waals surface area contributed by atoms with Crippen molar-refractivity contribution < 1.29 is 4.74 Å². The maximum Gasteiger partial charge on any atom is 0.130 e. The summed E-state index contributed by atoms with van der Waals surface area (Å²) in [7, 11) is 0.456. The van der Waals surface area contributed by atoms with Gasteiger partial charge in [0, 0.05) is 19.3 Å². The van der Waals surface area contributed by atoms with Crippen LogP contribution < -0.4 is 4.98 Å². The van der Waals surface area contributed by atoms with Crippen LogP contribution in [0.25, 0.3) is 0 Å². The topological polar surface area (TPSA) is 21.3 Å². The SMILES string of the molecule is COCCCN[Si](C)(C)C1C=CC=C1. The van der Waals surface area contributed by atoms with Gasteiger partial charge < -0.3 is 9.72 Å². The first-order chi connectivity index (χ1) is 6.67. The van der Waals surface area contributed by atoms with Crippen LogP contribution in [0.2, 0.25) is 18.6 Å². The van der Waals surface area contributed by atoms with E-state index in [1.807, 2.05) is 0 Å². The van der Waals surface area contributed by atoms with E-state index in [0.29, 0.717) is 5.54 Å². The van der Waals surface area contributed by atoms with E-state index in [4.69, 9.17) is 4.74 Å². The predicted molar refractivity (Wildman–Crippen MR) is 64.0 cm³/mol. The van der Waals surface area contributed by atoms with E-state index >= 15 is 0 Å². The van der Waals surface area contributed by atoms with Crippen molar-refractivity contribution in [3.63, 3.8) is 0 Å². The Morgan fingerprint density at radius 1 is 1.29 bits per heavy atom. The summed E-state index contributed by atoms with van der Waals surface area (Å²) in [6.45, 7) is 6.69. The molecule has 0 aliphatic heterocycles. The van der Waals surface area contributed by atoms with E-state index in [9.17, 15) is 0 Å². The highest BCUT2D eigenvalue weighted by Gasteiger charge is 2.28. The number of rotatable bonds is 6. The fourth-order valence-electron chi connectivity index (χ4n) is 1.66. The Labute approximate surface area is 88.1 Å². The Hall–Kier alpha value is -0.383. The van der Waals surface area contributed by atoms with Crippen molar-refractivity contribution in [2.75, 3.05) is 20.3 Å². The van der Waals surface area contributed by atoms with Crippen LogP contribution in [0.3, 0.4) is 0 Å². The van der Waals surface area contributed by atoms with Gasteiger partial charge in [-0.15, -0.1) is 0 Å². The highest BCUT2D eigenvalue weighted by molar-refractivity contribution is 6.77. The molecule has 1 N–H and O–H groups in total. The second-order valence-corrected chi connectivity index (χ2v) is 8.75. The van der Waals surface area contributed by atoms with Crippen LogP contribution >= 0.6 is 0 Å². The Bertz CT molecular complexity index is 211. The lowest BCUT2D eigenvalue weighted by Gasteiger charge is -2.28. The Kier molecular flexibility index (Phi) is 4.58. The van der Waals surface area contributed by atoms with Gasteiger partial charge in [0.15, 0.2) is 0 Å². The van der Waals surface area contributed by atoms with Crippen LogP contribution in [0, 0.1) is 0 Å². The van der Waals surface area contributed by atoms with Gasteiger partial charge in [-0.05, 0) is 13.0 Å². The number of ether oxygens (including phenoxy) is 1. The summed E-state index contributed by atoms with van der Waals surface area (Å²) in [5.74, 6) is 0. The van der Waals surface area contributed by atoms with Crippen molar-refractivity contribution in [1.82, 2.24) is 4.98 Å². The van der Waals surface area contributed by atoms with Gasteiger partial charge in [0.1, 0.15) is 8.24 Å². The fraction of sp³-hybridized carbons (Fsp3) is 0.636. The summed E-state index contributed by atoms with van der Waals surface area (Å²) < 4.78 is 5.03. The summed E-state index contributed by atoms with van der Waals surface area (Å²) in [4.78, 5) is 3.69. The number of hydrogen-bond donors (Lipinski definition) is 1. The van der Waals surface area contributed by atoms with E-state index in [1.165, 1.54) is 0 Å². The highest BCUT2D eigenvalue weighted by Crippen LogP contribution is 2.25. The lowest BCUT2D eigenvalue weighted by Crippen LogP contribution is -2.48. The highest BCUT2D eigenvalue weighted by atomic mass is 28.3. The predicted octanol–water partition coefficient (Wildman–Crippen LogP) is 2.31. The van der Waals surface area contributed by atoms with Crippen molar-refractivity contribution in [3.8, 4) is 0 Å². The molecule has 0 unspecified atom stereocenters. The molecule has 0 saturated heterocycles. The first-order valence-corrected chi connectivity index (χ1v) is 8.33. The number of allylic oxidation sites excluding steroid dienone is 4. The smallest absolute Gasteiger partial charge is 0.130 e. The molecule has 0 amide bonds. The molecular formula is C11H21NOSi. The standard InChI is InChI=1S/C11H21NOSi/c1-13-10-6-9-12-14(2,3)11-7-4-5-8-11/h4-5,7-8,11-12H,6,9-10H2,1-3H3.